The van der Waals surface area contributed by atoms with Gasteiger partial charge in [0.2, 0.25) is 3.79 Å². The lowest BCUT2D eigenvalue weighted by Gasteiger charge is -2.03. The second-order valence-corrected chi connectivity index (χ2v) is 5.76. The summed E-state index contributed by atoms with van der Waals surface area (Å²) in [4.78, 5) is 9.43. The highest BCUT2D eigenvalue weighted by molar-refractivity contribution is 6.74. The quantitative estimate of drug-likeness (QED) is 0.573. The molecule has 0 unspecified atom stereocenters. The van der Waals surface area contributed by atoms with E-state index in [0.717, 1.165) is 11.5 Å². The molecule has 0 fully saturated rings. The fourth-order valence-corrected chi connectivity index (χ4v) is 1.11. The molecular formula is C14H11Cl3O2. The summed E-state index contributed by atoms with van der Waals surface area (Å²) in [6.45, 7) is 0. The van der Waals surface area contributed by atoms with Crippen molar-refractivity contribution in [2.24, 2.45) is 0 Å². The van der Waals surface area contributed by atoms with E-state index < -0.39 is 3.79 Å². The SMILES string of the molecule is O=CC(Cl)(Cl)Cl.c1ccc(Oc2ccccc2)cc1. The van der Waals surface area contributed by atoms with E-state index in [1.807, 2.05) is 60.7 Å². The third-order valence-electron chi connectivity index (χ3n) is 1.86. The maximum absolute atomic E-state index is 9.43. The molecule has 0 amide bonds. The Balaban J connectivity index is 0.000000258. The molecule has 5 heteroatoms. The molecule has 2 nitrogen and oxygen atoms in total. The summed E-state index contributed by atoms with van der Waals surface area (Å²) < 4.78 is 3.86. The van der Waals surface area contributed by atoms with Crippen LogP contribution in [0.15, 0.2) is 60.7 Å². The van der Waals surface area contributed by atoms with Gasteiger partial charge in [-0.1, -0.05) is 71.2 Å². The van der Waals surface area contributed by atoms with E-state index in [-0.39, 0.29) is 6.29 Å². The van der Waals surface area contributed by atoms with Crippen molar-refractivity contribution in [1.29, 1.82) is 0 Å². The molecule has 2 rings (SSSR count). The van der Waals surface area contributed by atoms with Gasteiger partial charge < -0.3 is 4.74 Å². The Morgan fingerprint density at radius 3 is 1.37 bits per heavy atom. The van der Waals surface area contributed by atoms with Crippen LogP contribution in [-0.2, 0) is 4.79 Å². The zero-order valence-corrected chi connectivity index (χ0v) is 12.1. The van der Waals surface area contributed by atoms with Crippen LogP contribution >= 0.6 is 34.8 Å². The first kappa shape index (κ1) is 15.8. The van der Waals surface area contributed by atoms with Gasteiger partial charge in [-0.05, 0) is 24.3 Å². The Hall–Kier alpha value is -1.22. The van der Waals surface area contributed by atoms with Gasteiger partial charge in [0.15, 0.2) is 6.29 Å². The summed E-state index contributed by atoms with van der Waals surface area (Å²) in [6, 6.07) is 19.5. The van der Waals surface area contributed by atoms with Crippen molar-refractivity contribution in [1.82, 2.24) is 0 Å². The van der Waals surface area contributed by atoms with Crippen molar-refractivity contribution in [3.8, 4) is 11.5 Å². The number of ether oxygens (including phenoxy) is 1. The standard InChI is InChI=1S/C12H10O.C2HCl3O/c1-3-7-11(8-4-1)13-12-9-5-2-6-10-12;3-2(4,5)1-6/h1-10H;1H. The predicted octanol–water partition coefficient (Wildman–Crippen LogP) is 5.03. The molecule has 0 saturated heterocycles. The number of carbonyl (C=O) groups is 1. The number of hydrogen-bond donors (Lipinski definition) is 0. The van der Waals surface area contributed by atoms with Gasteiger partial charge in [0, 0.05) is 0 Å². The van der Waals surface area contributed by atoms with Crippen LogP contribution < -0.4 is 4.74 Å². The molecular weight excluding hydrogens is 307 g/mol. The molecule has 0 saturated carbocycles. The third kappa shape index (κ3) is 7.73. The van der Waals surface area contributed by atoms with Crippen molar-refractivity contribution in [2.75, 3.05) is 0 Å². The molecule has 0 aliphatic heterocycles. The third-order valence-corrected chi connectivity index (χ3v) is 2.12. The molecule has 0 radical (unpaired) electrons. The summed E-state index contributed by atoms with van der Waals surface area (Å²) in [5.74, 6) is 1.74. The lowest BCUT2D eigenvalue weighted by molar-refractivity contribution is -0.107. The van der Waals surface area contributed by atoms with Crippen molar-refractivity contribution >= 4 is 41.1 Å². The van der Waals surface area contributed by atoms with Crippen LogP contribution in [0, 0.1) is 0 Å². The van der Waals surface area contributed by atoms with Crippen LogP contribution in [0.1, 0.15) is 0 Å². The zero-order chi connectivity index (χ0) is 14.1. The van der Waals surface area contributed by atoms with E-state index in [2.05, 4.69) is 0 Å². The van der Waals surface area contributed by atoms with Crippen molar-refractivity contribution in [3.05, 3.63) is 60.7 Å². The van der Waals surface area contributed by atoms with Gasteiger partial charge in [0.05, 0.1) is 0 Å². The predicted molar refractivity (Wildman–Crippen MR) is 79.3 cm³/mol. The number of halogens is 3. The summed E-state index contributed by atoms with van der Waals surface area (Å²) in [5.41, 5.74) is 0. The molecule has 0 aliphatic rings. The molecule has 0 N–H and O–H groups in total. The van der Waals surface area contributed by atoms with Crippen molar-refractivity contribution < 1.29 is 9.53 Å². The number of alkyl halides is 3. The molecule has 0 spiro atoms. The monoisotopic (exact) mass is 316 g/mol. The first-order valence-electron chi connectivity index (χ1n) is 5.32. The fourth-order valence-electron chi connectivity index (χ4n) is 1.11. The number of para-hydroxylation sites is 2. The molecule has 0 bridgehead atoms. The molecule has 100 valence electrons. The minimum atomic E-state index is -1.72. The van der Waals surface area contributed by atoms with Crippen LogP contribution in [0.4, 0.5) is 0 Å². The number of aldehydes is 1. The highest BCUT2D eigenvalue weighted by Gasteiger charge is 2.16. The molecule has 0 atom stereocenters. The van der Waals surface area contributed by atoms with Gasteiger partial charge >= 0.3 is 0 Å². The number of carbonyl (C=O) groups excluding carboxylic acids is 1. The Morgan fingerprint density at radius 1 is 0.789 bits per heavy atom. The first-order chi connectivity index (χ1) is 9.01. The van der Waals surface area contributed by atoms with E-state index in [9.17, 15) is 4.79 Å². The van der Waals surface area contributed by atoms with Gasteiger partial charge in [-0.2, -0.15) is 0 Å². The highest BCUT2D eigenvalue weighted by atomic mass is 35.6. The smallest absolute Gasteiger partial charge is 0.245 e. The number of hydrogen-bond acceptors (Lipinski definition) is 2. The molecule has 19 heavy (non-hydrogen) atoms. The minimum Gasteiger partial charge on any atom is -0.457 e. The highest BCUT2D eigenvalue weighted by Crippen LogP contribution is 2.21. The molecule has 0 heterocycles. The molecule has 0 aliphatic carbocycles. The van der Waals surface area contributed by atoms with E-state index in [0.29, 0.717) is 0 Å². The maximum Gasteiger partial charge on any atom is 0.245 e. The Morgan fingerprint density at radius 2 is 1.11 bits per heavy atom. The van der Waals surface area contributed by atoms with E-state index >= 15 is 0 Å². The first-order valence-corrected chi connectivity index (χ1v) is 6.45. The Bertz CT molecular complexity index is 444. The Labute approximate surface area is 126 Å². The normalized spacial score (nSPS) is 10.1. The zero-order valence-electron chi connectivity index (χ0n) is 9.80. The lowest BCUT2D eigenvalue weighted by Crippen LogP contribution is -2.00. The fraction of sp³-hybridized carbons (Fsp3) is 0.0714. The van der Waals surface area contributed by atoms with E-state index in [1.165, 1.54) is 0 Å². The minimum absolute atomic E-state index is 0.234. The number of rotatable bonds is 2. The average molecular weight is 318 g/mol. The van der Waals surface area contributed by atoms with Gasteiger partial charge in [-0.3, -0.25) is 4.79 Å². The van der Waals surface area contributed by atoms with Crippen LogP contribution in [0.2, 0.25) is 0 Å². The summed E-state index contributed by atoms with van der Waals surface area (Å²) in [6.07, 6.45) is 0.234. The van der Waals surface area contributed by atoms with E-state index in [4.69, 9.17) is 39.5 Å². The van der Waals surface area contributed by atoms with Crippen molar-refractivity contribution in [2.45, 2.75) is 3.79 Å². The summed E-state index contributed by atoms with van der Waals surface area (Å²) in [7, 11) is 0. The average Bonchev–Trinajstić information content (AvgIpc) is 2.41. The van der Waals surface area contributed by atoms with Crippen LogP contribution in [0.25, 0.3) is 0 Å². The Kier molecular flexibility index (Phi) is 6.71. The van der Waals surface area contributed by atoms with Crippen molar-refractivity contribution in [3.63, 3.8) is 0 Å². The van der Waals surface area contributed by atoms with Gasteiger partial charge in [-0.25, -0.2) is 0 Å². The van der Waals surface area contributed by atoms with Gasteiger partial charge in [-0.15, -0.1) is 0 Å². The topological polar surface area (TPSA) is 26.3 Å². The number of benzene rings is 2. The molecule has 0 aromatic heterocycles. The van der Waals surface area contributed by atoms with Gasteiger partial charge in [0.25, 0.3) is 0 Å². The van der Waals surface area contributed by atoms with Gasteiger partial charge in [0.1, 0.15) is 11.5 Å². The molecule has 2 aromatic rings. The summed E-state index contributed by atoms with van der Waals surface area (Å²) in [5, 5.41) is 0. The van der Waals surface area contributed by atoms with E-state index in [1.54, 1.807) is 0 Å². The second-order valence-electron chi connectivity index (χ2n) is 3.39. The largest absolute Gasteiger partial charge is 0.457 e. The lowest BCUT2D eigenvalue weighted by atomic mass is 10.3. The van der Waals surface area contributed by atoms with Crippen LogP contribution in [-0.4, -0.2) is 10.1 Å². The second kappa shape index (κ2) is 8.05. The molecule has 2 aromatic carbocycles. The van der Waals surface area contributed by atoms with Crippen LogP contribution in [0.5, 0.6) is 11.5 Å². The summed E-state index contributed by atoms with van der Waals surface area (Å²) >= 11 is 14.6. The maximum atomic E-state index is 9.43. The van der Waals surface area contributed by atoms with Crippen LogP contribution in [0.3, 0.4) is 0 Å².